The highest BCUT2D eigenvalue weighted by Gasteiger charge is 2.27. The van der Waals surface area contributed by atoms with E-state index in [1.54, 1.807) is 0 Å². The number of halogens is 1. The van der Waals surface area contributed by atoms with Gasteiger partial charge in [-0.2, -0.15) is 0 Å². The van der Waals surface area contributed by atoms with Crippen molar-refractivity contribution in [3.05, 3.63) is 0 Å². The Morgan fingerprint density at radius 3 is 2.50 bits per heavy atom. The van der Waals surface area contributed by atoms with E-state index in [1.807, 2.05) is 20.8 Å². The van der Waals surface area contributed by atoms with Gasteiger partial charge in [0.25, 0.3) is 0 Å². The highest BCUT2D eigenvalue weighted by Crippen LogP contribution is 2.16. The average molecular weight is 221 g/mol. The van der Waals surface area contributed by atoms with Crippen LogP contribution in [0.2, 0.25) is 0 Å². The van der Waals surface area contributed by atoms with Gasteiger partial charge in [-0.1, -0.05) is 0 Å². The number of hydrogen-bond donors (Lipinski definition) is 1. The van der Waals surface area contributed by atoms with Gasteiger partial charge in [0, 0.05) is 6.42 Å². The molecule has 0 saturated carbocycles. The Morgan fingerprint density at radius 2 is 2.14 bits per heavy atom. The normalized spacial score (nSPS) is 21.1. The molecule has 0 radical (unpaired) electrons. The van der Waals surface area contributed by atoms with Crippen molar-refractivity contribution >= 4 is 24.2 Å². The van der Waals surface area contributed by atoms with E-state index in [4.69, 9.17) is 10.5 Å². The molecule has 14 heavy (non-hydrogen) atoms. The summed E-state index contributed by atoms with van der Waals surface area (Å²) in [5.74, 6) is 0.281. The second kappa shape index (κ2) is 4.64. The molecule has 1 rings (SSSR count). The topological polar surface area (TPSA) is 64.7 Å². The van der Waals surface area contributed by atoms with Crippen LogP contribution in [0.15, 0.2) is 4.99 Å². The van der Waals surface area contributed by atoms with Gasteiger partial charge in [0.05, 0.1) is 5.84 Å². The van der Waals surface area contributed by atoms with Crippen molar-refractivity contribution in [1.29, 1.82) is 0 Å². The second-order valence-electron chi connectivity index (χ2n) is 4.21. The quantitative estimate of drug-likeness (QED) is 0.677. The van der Waals surface area contributed by atoms with Gasteiger partial charge in [-0.3, -0.25) is 4.99 Å². The first-order valence-corrected chi connectivity index (χ1v) is 4.43. The summed E-state index contributed by atoms with van der Waals surface area (Å²) in [5, 5.41) is 0. The fraction of sp³-hybridized carbons (Fsp3) is 0.778. The first-order valence-electron chi connectivity index (χ1n) is 4.43. The molecule has 0 aromatic heterocycles. The fourth-order valence-electron chi connectivity index (χ4n) is 1.15. The van der Waals surface area contributed by atoms with Gasteiger partial charge in [-0.05, 0) is 27.2 Å². The van der Waals surface area contributed by atoms with Crippen molar-refractivity contribution in [3.8, 4) is 0 Å². The number of amidine groups is 1. The molecule has 0 aliphatic carbocycles. The fourth-order valence-corrected chi connectivity index (χ4v) is 1.15. The summed E-state index contributed by atoms with van der Waals surface area (Å²) in [6, 6.07) is -0.376. The Bertz CT molecular complexity index is 246. The third-order valence-corrected chi connectivity index (χ3v) is 1.67. The van der Waals surface area contributed by atoms with Crippen molar-refractivity contribution in [2.45, 2.75) is 45.3 Å². The second-order valence-corrected chi connectivity index (χ2v) is 4.21. The van der Waals surface area contributed by atoms with E-state index in [9.17, 15) is 4.79 Å². The molecule has 0 amide bonds. The zero-order valence-electron chi connectivity index (χ0n) is 8.74. The maximum atomic E-state index is 11.4. The first-order chi connectivity index (χ1) is 5.88. The zero-order chi connectivity index (χ0) is 10.1. The molecule has 1 heterocycles. The molecule has 0 spiro atoms. The predicted octanol–water partition coefficient (Wildman–Crippen LogP) is 1.27. The lowest BCUT2D eigenvalue weighted by molar-refractivity contribution is -0.156. The van der Waals surface area contributed by atoms with Crippen LogP contribution in [0.1, 0.15) is 33.6 Å². The smallest absolute Gasteiger partial charge is 0.331 e. The number of ether oxygens (including phenoxy) is 1. The summed E-state index contributed by atoms with van der Waals surface area (Å²) < 4.78 is 5.17. The molecule has 4 nitrogen and oxygen atoms in total. The van der Waals surface area contributed by atoms with Crippen LogP contribution in [0, 0.1) is 0 Å². The van der Waals surface area contributed by atoms with Crippen molar-refractivity contribution in [2.24, 2.45) is 10.7 Å². The molecular formula is C9H17ClN2O2. The minimum Gasteiger partial charge on any atom is -0.458 e. The van der Waals surface area contributed by atoms with E-state index in [0.717, 1.165) is 0 Å². The number of carbonyl (C=O) groups excluding carboxylic acids is 1. The lowest BCUT2D eigenvalue weighted by Gasteiger charge is -2.20. The Balaban J connectivity index is 0.00000169. The van der Waals surface area contributed by atoms with Crippen LogP contribution in [-0.2, 0) is 9.53 Å². The maximum Gasteiger partial charge on any atom is 0.331 e. The van der Waals surface area contributed by atoms with E-state index in [2.05, 4.69) is 4.99 Å². The van der Waals surface area contributed by atoms with E-state index in [1.165, 1.54) is 0 Å². The number of carbonyl (C=O) groups is 1. The SMILES string of the molecule is CC(C)(C)OC(=O)[C@@H]1CCC(N)=N1.Cl. The molecule has 0 saturated heterocycles. The summed E-state index contributed by atoms with van der Waals surface area (Å²) in [6.45, 7) is 5.52. The monoisotopic (exact) mass is 220 g/mol. The summed E-state index contributed by atoms with van der Waals surface area (Å²) in [6.07, 6.45) is 1.38. The average Bonchev–Trinajstić information content (AvgIpc) is 2.31. The van der Waals surface area contributed by atoms with Gasteiger partial charge < -0.3 is 10.5 Å². The van der Waals surface area contributed by atoms with Gasteiger partial charge in [-0.15, -0.1) is 12.4 Å². The molecule has 2 N–H and O–H groups in total. The van der Waals surface area contributed by atoms with Crippen LogP contribution in [0.4, 0.5) is 0 Å². The van der Waals surface area contributed by atoms with Crippen LogP contribution in [0.25, 0.3) is 0 Å². The Kier molecular flexibility index (Phi) is 4.39. The molecule has 1 atom stereocenters. The van der Waals surface area contributed by atoms with E-state index in [0.29, 0.717) is 18.7 Å². The van der Waals surface area contributed by atoms with E-state index in [-0.39, 0.29) is 24.4 Å². The Labute approximate surface area is 90.3 Å². The number of rotatable bonds is 1. The standard InChI is InChI=1S/C9H16N2O2.ClH/c1-9(2,3)13-8(12)6-4-5-7(10)11-6;/h6H,4-5H2,1-3H3,(H2,10,11);1H/t6-;/m0./s1. The van der Waals surface area contributed by atoms with Gasteiger partial charge >= 0.3 is 5.97 Å². The lowest BCUT2D eigenvalue weighted by Crippen LogP contribution is -2.29. The minimum atomic E-state index is -0.441. The molecule has 82 valence electrons. The van der Waals surface area contributed by atoms with Gasteiger partial charge in [0.2, 0.25) is 0 Å². The van der Waals surface area contributed by atoms with Crippen LogP contribution in [0.5, 0.6) is 0 Å². The molecular weight excluding hydrogens is 204 g/mol. The van der Waals surface area contributed by atoms with Crippen molar-refractivity contribution < 1.29 is 9.53 Å². The number of nitrogens with zero attached hydrogens (tertiary/aromatic N) is 1. The number of aliphatic imine (C=N–C) groups is 1. The molecule has 0 fully saturated rings. The van der Waals surface area contributed by atoms with Crippen LogP contribution >= 0.6 is 12.4 Å². The Hall–Kier alpha value is -0.770. The molecule has 0 bridgehead atoms. The van der Waals surface area contributed by atoms with Gasteiger partial charge in [0.15, 0.2) is 0 Å². The minimum absolute atomic E-state index is 0. The molecule has 0 aromatic rings. The molecule has 1 aliphatic rings. The molecule has 5 heteroatoms. The maximum absolute atomic E-state index is 11.4. The number of nitrogens with two attached hydrogens (primary N) is 1. The molecule has 1 aliphatic heterocycles. The summed E-state index contributed by atoms with van der Waals surface area (Å²) in [7, 11) is 0. The summed E-state index contributed by atoms with van der Waals surface area (Å²) in [5.41, 5.74) is 5.03. The van der Waals surface area contributed by atoms with Gasteiger partial charge in [0.1, 0.15) is 11.6 Å². The van der Waals surface area contributed by atoms with Crippen LogP contribution in [0.3, 0.4) is 0 Å². The highest BCUT2D eigenvalue weighted by atomic mass is 35.5. The van der Waals surface area contributed by atoms with Crippen molar-refractivity contribution in [1.82, 2.24) is 0 Å². The number of esters is 1. The molecule has 0 aromatic carbocycles. The van der Waals surface area contributed by atoms with E-state index >= 15 is 0 Å². The largest absolute Gasteiger partial charge is 0.458 e. The molecule has 0 unspecified atom stereocenters. The third-order valence-electron chi connectivity index (χ3n) is 1.67. The van der Waals surface area contributed by atoms with Crippen molar-refractivity contribution in [3.63, 3.8) is 0 Å². The van der Waals surface area contributed by atoms with E-state index < -0.39 is 5.60 Å². The summed E-state index contributed by atoms with van der Waals surface area (Å²) >= 11 is 0. The zero-order valence-corrected chi connectivity index (χ0v) is 9.56. The first kappa shape index (κ1) is 13.2. The Morgan fingerprint density at radius 1 is 1.57 bits per heavy atom. The third kappa shape index (κ3) is 3.96. The lowest BCUT2D eigenvalue weighted by atomic mass is 10.1. The van der Waals surface area contributed by atoms with Crippen LogP contribution in [-0.4, -0.2) is 23.4 Å². The van der Waals surface area contributed by atoms with Crippen LogP contribution < -0.4 is 5.73 Å². The van der Waals surface area contributed by atoms with Gasteiger partial charge in [-0.25, -0.2) is 4.79 Å². The highest BCUT2D eigenvalue weighted by molar-refractivity contribution is 5.88. The number of hydrogen-bond acceptors (Lipinski definition) is 4. The summed E-state index contributed by atoms with van der Waals surface area (Å²) in [4.78, 5) is 15.4. The predicted molar refractivity (Wildman–Crippen MR) is 57.7 cm³/mol. The van der Waals surface area contributed by atoms with Crippen molar-refractivity contribution in [2.75, 3.05) is 0 Å².